The number of allylic oxidation sites excluding steroid dienone is 1. The summed E-state index contributed by atoms with van der Waals surface area (Å²) in [5, 5.41) is 12.4. The lowest BCUT2D eigenvalue weighted by molar-refractivity contribution is -0.126. The first-order valence-electron chi connectivity index (χ1n) is 22.6. The molecule has 1 aromatic carbocycles. The molecule has 1 fully saturated rings. The van der Waals surface area contributed by atoms with Gasteiger partial charge in [-0.15, -0.1) is 0 Å². The molecule has 5 unspecified atom stereocenters. The molecule has 4 heterocycles. The number of nitrogens with one attached hydrogen (secondary N) is 1. The second-order valence-corrected chi connectivity index (χ2v) is 17.4. The van der Waals surface area contributed by atoms with Gasteiger partial charge in [-0.1, -0.05) is 78.6 Å². The van der Waals surface area contributed by atoms with Gasteiger partial charge in [0, 0.05) is 80.2 Å². The van der Waals surface area contributed by atoms with Crippen molar-refractivity contribution in [1.82, 2.24) is 34.4 Å². The van der Waals surface area contributed by atoms with Crippen molar-refractivity contribution in [3.8, 4) is 22.4 Å². The highest BCUT2D eigenvalue weighted by Crippen LogP contribution is 2.50. The van der Waals surface area contributed by atoms with E-state index in [1.54, 1.807) is 40.1 Å². The first kappa shape index (κ1) is 53.5. The van der Waals surface area contributed by atoms with Gasteiger partial charge in [-0.3, -0.25) is 23.9 Å². The maximum atomic E-state index is 14.1. The highest BCUT2D eigenvalue weighted by molar-refractivity contribution is 5.83. The molecular weight excluding hydrogens is 832 g/mol. The molecular formula is C50H70F3N9O3. The lowest BCUT2D eigenvalue weighted by Gasteiger charge is -2.29. The summed E-state index contributed by atoms with van der Waals surface area (Å²) < 4.78 is 45.7. The molecule has 12 nitrogen and oxygen atoms in total. The number of benzene rings is 1. The Hall–Kier alpha value is -5.86. The van der Waals surface area contributed by atoms with Crippen LogP contribution in [0.3, 0.4) is 0 Å². The van der Waals surface area contributed by atoms with Crippen LogP contribution in [-0.2, 0) is 36.2 Å². The summed E-state index contributed by atoms with van der Waals surface area (Å²) >= 11 is 0. The van der Waals surface area contributed by atoms with Crippen molar-refractivity contribution in [1.29, 1.82) is 0 Å². The zero-order valence-corrected chi connectivity index (χ0v) is 40.3. The van der Waals surface area contributed by atoms with Crippen molar-refractivity contribution in [2.24, 2.45) is 42.6 Å². The Bertz CT molecular complexity index is 2410. The summed E-state index contributed by atoms with van der Waals surface area (Å²) in [6, 6.07) is 15.4. The number of fused-ring (bicyclic) bond motifs is 1. The number of aromatic nitrogens is 6. The van der Waals surface area contributed by atoms with Crippen LogP contribution in [0, 0.1) is 17.8 Å². The van der Waals surface area contributed by atoms with Crippen LogP contribution in [0.2, 0.25) is 0 Å². The second kappa shape index (κ2) is 24.4. The largest absolute Gasteiger partial charge is 0.404 e. The van der Waals surface area contributed by atoms with Crippen LogP contribution < -0.4 is 16.6 Å². The number of carbonyl (C=O) groups is 2. The average molecular weight is 902 g/mol. The van der Waals surface area contributed by atoms with Gasteiger partial charge >= 0.3 is 0 Å². The molecule has 0 aliphatic heterocycles. The van der Waals surface area contributed by atoms with Gasteiger partial charge in [-0.2, -0.15) is 19.0 Å². The third-order valence-corrected chi connectivity index (χ3v) is 10.9. The van der Waals surface area contributed by atoms with Crippen LogP contribution in [0.1, 0.15) is 119 Å². The molecule has 65 heavy (non-hydrogen) atoms. The van der Waals surface area contributed by atoms with Gasteiger partial charge in [0.15, 0.2) is 11.9 Å². The van der Waals surface area contributed by atoms with E-state index in [4.69, 9.17) is 5.73 Å². The molecule has 6 rings (SSSR count). The van der Waals surface area contributed by atoms with Crippen LogP contribution in [0.5, 0.6) is 0 Å². The molecule has 4 aromatic heterocycles. The van der Waals surface area contributed by atoms with Crippen LogP contribution in [0.25, 0.3) is 33.4 Å². The molecule has 5 aromatic rings. The summed E-state index contributed by atoms with van der Waals surface area (Å²) in [5.74, 6) is -2.01. The van der Waals surface area contributed by atoms with E-state index in [1.807, 2.05) is 51.8 Å². The van der Waals surface area contributed by atoms with Crippen molar-refractivity contribution in [2.75, 3.05) is 0 Å². The first-order chi connectivity index (χ1) is 30.7. The van der Waals surface area contributed by atoms with Gasteiger partial charge in [0.25, 0.3) is 5.92 Å². The number of amides is 1. The third kappa shape index (κ3) is 16.3. The average Bonchev–Trinajstić information content (AvgIpc) is 3.74. The number of aldehydes is 1. The molecule has 1 amide bonds. The number of nitrogens with two attached hydrogens (primary N) is 1. The van der Waals surface area contributed by atoms with Gasteiger partial charge in [0.2, 0.25) is 11.5 Å². The summed E-state index contributed by atoms with van der Waals surface area (Å²) in [4.78, 5) is 42.5. The minimum Gasteiger partial charge on any atom is -0.404 e. The monoisotopic (exact) mass is 902 g/mol. The van der Waals surface area contributed by atoms with E-state index in [1.165, 1.54) is 71.1 Å². The van der Waals surface area contributed by atoms with Crippen LogP contribution in [0.4, 0.5) is 13.2 Å². The minimum absolute atomic E-state index is 0.0835. The summed E-state index contributed by atoms with van der Waals surface area (Å²) in [6.45, 7) is 17.5. The van der Waals surface area contributed by atoms with Gasteiger partial charge in [0.1, 0.15) is 12.0 Å². The number of aryl methyl sites for hydroxylation is 2. The second-order valence-electron chi connectivity index (χ2n) is 17.4. The molecule has 3 N–H and O–H groups in total. The molecule has 1 aliphatic rings. The van der Waals surface area contributed by atoms with Gasteiger partial charge in [-0.05, 0) is 93.0 Å². The third-order valence-electron chi connectivity index (χ3n) is 10.9. The van der Waals surface area contributed by atoms with E-state index in [2.05, 4.69) is 62.7 Å². The van der Waals surface area contributed by atoms with E-state index in [0.29, 0.717) is 16.8 Å². The Kier molecular flexibility index (Phi) is 20.1. The fraction of sp³-hybridized carbons (Fsp3) is 0.500. The topological polar surface area (TPSA) is 155 Å². The van der Waals surface area contributed by atoms with Crippen molar-refractivity contribution < 1.29 is 22.8 Å². The van der Waals surface area contributed by atoms with E-state index in [-0.39, 0.29) is 30.3 Å². The Morgan fingerprint density at radius 2 is 1.65 bits per heavy atom. The summed E-state index contributed by atoms with van der Waals surface area (Å²) in [6.07, 6.45) is 12.9. The number of hydrogen-bond acceptors (Lipinski definition) is 8. The number of aliphatic imine (C=N–C) groups is 1. The van der Waals surface area contributed by atoms with Crippen molar-refractivity contribution >= 4 is 29.4 Å². The van der Waals surface area contributed by atoms with Gasteiger partial charge < -0.3 is 20.4 Å². The highest BCUT2D eigenvalue weighted by atomic mass is 19.3. The Morgan fingerprint density at radius 1 is 0.985 bits per heavy atom. The number of pyridine rings is 2. The molecule has 1 saturated carbocycles. The van der Waals surface area contributed by atoms with Crippen molar-refractivity contribution in [3.63, 3.8) is 0 Å². The fourth-order valence-corrected chi connectivity index (χ4v) is 6.96. The molecule has 0 bridgehead atoms. The zero-order chi connectivity index (χ0) is 48.6. The Labute approximate surface area is 382 Å². The van der Waals surface area contributed by atoms with E-state index in [9.17, 15) is 27.6 Å². The van der Waals surface area contributed by atoms with Gasteiger partial charge in [-0.25, -0.2) is 9.37 Å². The predicted octanol–water partition coefficient (Wildman–Crippen LogP) is 10.3. The molecule has 1 aliphatic carbocycles. The van der Waals surface area contributed by atoms with E-state index in [0.717, 1.165) is 48.1 Å². The number of hydrogen-bond donors (Lipinski definition) is 2. The minimum atomic E-state index is -3.17. The number of halogens is 3. The highest BCUT2D eigenvalue weighted by Gasteiger charge is 2.37. The number of carbonyl (C=O) groups excluding carboxylic acids is 2. The predicted molar refractivity (Wildman–Crippen MR) is 256 cm³/mol. The number of alkyl halides is 3. The fourth-order valence-electron chi connectivity index (χ4n) is 6.96. The molecule has 0 spiro atoms. The lowest BCUT2D eigenvalue weighted by atomic mass is 9.98. The normalized spacial score (nSPS) is 16.3. The standard InChI is InChI=1S/C24H33F3N6O2.C19H21N3.C5H10O.C2H6/c1-15(9-17(11-28)12-29-16(2)25)22(35)30-23(3,4)14-33-19(10-20(31-33)24(5,26)27)18-7-8-21(34)32(6)13-18;1-3-4-15-10-18(15)14-7-5-13(6-8-14)16-9-17-12-22(2)21-19(17)20-11-16;1-3-5(2)4-6;1-2/h7-8,10-13,15-16H,9,14,28H2,1-6H3,(H,30,35);5-9,11-12,15,18H,3-4,10H2,1-2H3;4-5H,3H2,1-2H3;1-2H3/b17-11-,29-12+;;;. The molecule has 0 radical (unpaired) electrons. The maximum absolute atomic E-state index is 14.1. The smallest absolute Gasteiger partial charge is 0.288 e. The molecule has 0 saturated heterocycles. The van der Waals surface area contributed by atoms with Crippen LogP contribution >= 0.6 is 0 Å². The lowest BCUT2D eigenvalue weighted by Crippen LogP contribution is -2.48. The maximum Gasteiger partial charge on any atom is 0.288 e. The summed E-state index contributed by atoms with van der Waals surface area (Å²) in [7, 11) is 3.49. The van der Waals surface area contributed by atoms with Crippen molar-refractivity contribution in [3.05, 3.63) is 101 Å². The van der Waals surface area contributed by atoms with Crippen molar-refractivity contribution in [2.45, 2.75) is 132 Å². The number of nitrogens with zero attached hydrogens (tertiary/aromatic N) is 7. The van der Waals surface area contributed by atoms with E-state index < -0.39 is 29.4 Å². The first-order valence-corrected chi connectivity index (χ1v) is 22.6. The Morgan fingerprint density at radius 3 is 2.20 bits per heavy atom. The van der Waals surface area contributed by atoms with Crippen LogP contribution in [0.15, 0.2) is 88.7 Å². The SMILES string of the molecule is CC.CC(F)/N=C/C(=C\N)CC(C)C(=O)NC(C)(C)Cn1nc(C(C)(F)F)cc1-c1ccc(=O)n(C)c1.CCC(C)C=O.CCCC1CC1c1ccc(-c2cnc3nn(C)cc3c2)cc1. The Balaban J connectivity index is 0.000000315. The summed E-state index contributed by atoms with van der Waals surface area (Å²) in [5.41, 5.74) is 10.2. The van der Waals surface area contributed by atoms with Gasteiger partial charge in [0.05, 0.1) is 17.8 Å². The number of rotatable bonds is 16. The molecule has 15 heteroatoms. The zero-order valence-electron chi connectivity index (χ0n) is 40.3. The van der Waals surface area contributed by atoms with E-state index >= 15 is 0 Å². The molecule has 5 atom stereocenters. The van der Waals surface area contributed by atoms with Crippen LogP contribution in [-0.4, -0.2) is 59.4 Å². The quantitative estimate of drug-likeness (QED) is 0.0567. The molecule has 354 valence electrons.